The van der Waals surface area contributed by atoms with E-state index >= 15 is 0 Å². The predicted octanol–water partition coefficient (Wildman–Crippen LogP) is 2.52. The zero-order valence-corrected chi connectivity index (χ0v) is 19.7. The summed E-state index contributed by atoms with van der Waals surface area (Å²) in [6.07, 6.45) is 1.99. The average Bonchev–Trinajstić information content (AvgIpc) is 3.37. The number of likely N-dealkylation sites (tertiary alicyclic amines) is 1. The zero-order valence-electron chi connectivity index (χ0n) is 19.7. The molecule has 180 valence electrons. The van der Waals surface area contributed by atoms with E-state index in [0.717, 1.165) is 55.7 Å². The number of methoxy groups -OCH3 is 2. The minimum absolute atomic E-state index is 0.116. The molecule has 2 aliphatic heterocycles. The molecule has 2 atom stereocenters. The van der Waals surface area contributed by atoms with Crippen LogP contribution in [0.4, 0.5) is 5.69 Å². The number of fused-ring (bicyclic) bond motifs is 1. The van der Waals surface area contributed by atoms with E-state index in [1.807, 2.05) is 30.3 Å². The second kappa shape index (κ2) is 9.18. The number of anilines is 1. The van der Waals surface area contributed by atoms with Crippen LogP contribution in [0.2, 0.25) is 0 Å². The van der Waals surface area contributed by atoms with Crippen molar-refractivity contribution >= 4 is 18.1 Å². The lowest BCUT2D eigenvalue weighted by Crippen LogP contribution is -2.57. The maximum absolute atomic E-state index is 12.9. The summed E-state index contributed by atoms with van der Waals surface area (Å²) in [7, 11) is 3.23. The average molecular weight is 466 g/mol. The van der Waals surface area contributed by atoms with Crippen LogP contribution in [0.25, 0.3) is 0 Å². The highest BCUT2D eigenvalue weighted by Crippen LogP contribution is 2.45. The van der Waals surface area contributed by atoms with Crippen LogP contribution in [0, 0.1) is 5.92 Å². The van der Waals surface area contributed by atoms with Crippen LogP contribution >= 0.6 is 0 Å². The standard InChI is InChI=1S/C26H31N3O5/c1-32-22-13-18-12-19(24(34-17-30)21(18)14-23(22)33-2)15-28-10-8-26(9-11-28)25(31)27-16-29(26)20-6-4-3-5-7-20/h3-7,13-14,17,19,24H,8-12,15-16H2,1-2H3,(H,27,31). The Balaban J connectivity index is 1.30. The van der Waals surface area contributed by atoms with Crippen molar-refractivity contribution < 1.29 is 23.8 Å². The minimum atomic E-state index is -0.504. The van der Waals surface area contributed by atoms with Gasteiger partial charge in [-0.3, -0.25) is 9.59 Å². The lowest BCUT2D eigenvalue weighted by molar-refractivity contribution is -0.136. The quantitative estimate of drug-likeness (QED) is 0.630. The molecular formula is C26H31N3O5. The van der Waals surface area contributed by atoms with Gasteiger partial charge in [0.05, 0.1) is 20.9 Å². The first kappa shape index (κ1) is 22.5. The fourth-order valence-corrected chi connectivity index (χ4v) is 5.90. The van der Waals surface area contributed by atoms with Crippen molar-refractivity contribution in [2.24, 2.45) is 5.92 Å². The Labute approximate surface area is 199 Å². The number of carbonyl (C=O) groups excluding carboxylic acids is 2. The van der Waals surface area contributed by atoms with Gasteiger partial charge in [-0.05, 0) is 54.7 Å². The minimum Gasteiger partial charge on any atom is -0.493 e. The lowest BCUT2D eigenvalue weighted by atomic mass is 9.85. The Morgan fingerprint density at radius 2 is 1.79 bits per heavy atom. The molecule has 2 saturated heterocycles. The third kappa shape index (κ3) is 3.76. The van der Waals surface area contributed by atoms with Crippen molar-refractivity contribution in [1.82, 2.24) is 10.2 Å². The van der Waals surface area contributed by atoms with Gasteiger partial charge in [-0.1, -0.05) is 18.2 Å². The molecule has 0 radical (unpaired) electrons. The van der Waals surface area contributed by atoms with Crippen molar-refractivity contribution in [2.45, 2.75) is 30.9 Å². The molecule has 5 rings (SSSR count). The molecule has 2 unspecified atom stereocenters. The van der Waals surface area contributed by atoms with E-state index in [2.05, 4.69) is 27.2 Å². The third-order valence-corrected chi connectivity index (χ3v) is 7.65. The van der Waals surface area contributed by atoms with Gasteiger partial charge < -0.3 is 29.3 Å². The number of carbonyl (C=O) groups is 2. The number of hydrogen-bond donors (Lipinski definition) is 1. The second-order valence-corrected chi connectivity index (χ2v) is 9.28. The van der Waals surface area contributed by atoms with Crippen LogP contribution in [0.1, 0.15) is 30.1 Å². The molecule has 1 amide bonds. The molecule has 2 heterocycles. The summed E-state index contributed by atoms with van der Waals surface area (Å²) in [6.45, 7) is 3.49. The largest absolute Gasteiger partial charge is 0.493 e. The summed E-state index contributed by atoms with van der Waals surface area (Å²) in [5, 5.41) is 3.06. The summed E-state index contributed by atoms with van der Waals surface area (Å²) < 4.78 is 16.5. The van der Waals surface area contributed by atoms with E-state index in [4.69, 9.17) is 14.2 Å². The summed E-state index contributed by atoms with van der Waals surface area (Å²) in [4.78, 5) is 28.9. The van der Waals surface area contributed by atoms with Crippen LogP contribution in [-0.4, -0.2) is 63.3 Å². The van der Waals surface area contributed by atoms with Gasteiger partial charge in [0.15, 0.2) is 11.5 Å². The van der Waals surface area contributed by atoms with Crippen LogP contribution in [0.3, 0.4) is 0 Å². The number of rotatable bonds is 7. The maximum Gasteiger partial charge on any atom is 0.293 e. The van der Waals surface area contributed by atoms with E-state index < -0.39 is 5.54 Å². The van der Waals surface area contributed by atoms with Gasteiger partial charge in [-0.25, -0.2) is 0 Å². The molecule has 34 heavy (non-hydrogen) atoms. The molecule has 1 aliphatic carbocycles. The first-order valence-electron chi connectivity index (χ1n) is 11.8. The maximum atomic E-state index is 12.9. The summed E-state index contributed by atoms with van der Waals surface area (Å²) >= 11 is 0. The topological polar surface area (TPSA) is 80.3 Å². The highest BCUT2D eigenvalue weighted by molar-refractivity contribution is 5.93. The first-order chi connectivity index (χ1) is 16.6. The van der Waals surface area contributed by atoms with Gasteiger partial charge in [0.1, 0.15) is 11.6 Å². The number of hydrogen-bond acceptors (Lipinski definition) is 7. The molecule has 1 spiro atoms. The Bertz CT molecular complexity index is 1050. The first-order valence-corrected chi connectivity index (χ1v) is 11.8. The normalized spacial score (nSPS) is 23.5. The van der Waals surface area contributed by atoms with Crippen molar-refractivity contribution in [3.05, 3.63) is 53.6 Å². The highest BCUT2D eigenvalue weighted by atomic mass is 16.5. The molecule has 2 aromatic carbocycles. The van der Waals surface area contributed by atoms with E-state index in [-0.39, 0.29) is 17.9 Å². The van der Waals surface area contributed by atoms with Gasteiger partial charge in [-0.15, -0.1) is 0 Å². The predicted molar refractivity (Wildman–Crippen MR) is 127 cm³/mol. The molecule has 0 saturated carbocycles. The van der Waals surface area contributed by atoms with Gasteiger partial charge >= 0.3 is 0 Å². The Morgan fingerprint density at radius 3 is 2.47 bits per heavy atom. The Morgan fingerprint density at radius 1 is 1.09 bits per heavy atom. The van der Waals surface area contributed by atoms with Gasteiger partial charge in [-0.2, -0.15) is 0 Å². The lowest BCUT2D eigenvalue weighted by Gasteiger charge is -2.44. The number of para-hydroxylation sites is 1. The molecular weight excluding hydrogens is 434 g/mol. The summed E-state index contributed by atoms with van der Waals surface area (Å²) in [5.74, 6) is 1.56. The number of amides is 1. The summed E-state index contributed by atoms with van der Waals surface area (Å²) in [5.41, 5.74) is 2.67. The third-order valence-electron chi connectivity index (χ3n) is 7.65. The van der Waals surface area contributed by atoms with Gasteiger partial charge in [0, 0.05) is 31.2 Å². The number of nitrogens with one attached hydrogen (secondary N) is 1. The number of ether oxygens (including phenoxy) is 3. The van der Waals surface area contributed by atoms with Crippen molar-refractivity contribution in [1.29, 1.82) is 0 Å². The SMILES string of the molecule is COc1cc2c(cc1OC)C(OC=O)C(CN1CCC3(CC1)C(=O)NCN3c1ccccc1)C2. The zero-order chi connectivity index (χ0) is 23.7. The van der Waals surface area contributed by atoms with E-state index in [1.165, 1.54) is 0 Å². The fraction of sp³-hybridized carbons (Fsp3) is 0.462. The Kier molecular flexibility index (Phi) is 6.08. The molecule has 8 nitrogen and oxygen atoms in total. The molecule has 0 bridgehead atoms. The fourth-order valence-electron chi connectivity index (χ4n) is 5.90. The van der Waals surface area contributed by atoms with Crippen LogP contribution < -0.4 is 19.7 Å². The smallest absolute Gasteiger partial charge is 0.293 e. The van der Waals surface area contributed by atoms with Gasteiger partial charge in [0.2, 0.25) is 5.91 Å². The number of benzene rings is 2. The molecule has 0 aromatic heterocycles. The van der Waals surface area contributed by atoms with E-state index in [0.29, 0.717) is 24.6 Å². The molecule has 8 heteroatoms. The second-order valence-electron chi connectivity index (χ2n) is 9.28. The van der Waals surface area contributed by atoms with E-state index in [1.54, 1.807) is 14.2 Å². The van der Waals surface area contributed by atoms with Gasteiger partial charge in [0.25, 0.3) is 6.47 Å². The van der Waals surface area contributed by atoms with Crippen molar-refractivity contribution in [3.8, 4) is 11.5 Å². The molecule has 1 N–H and O–H groups in total. The van der Waals surface area contributed by atoms with E-state index in [9.17, 15) is 9.59 Å². The van der Waals surface area contributed by atoms with Crippen molar-refractivity contribution in [3.63, 3.8) is 0 Å². The summed E-state index contributed by atoms with van der Waals surface area (Å²) in [6, 6.07) is 14.1. The van der Waals surface area contributed by atoms with Crippen molar-refractivity contribution in [2.75, 3.05) is 45.4 Å². The number of piperidine rings is 1. The molecule has 2 fully saturated rings. The van der Waals surface area contributed by atoms with Crippen LogP contribution in [0.5, 0.6) is 11.5 Å². The number of nitrogens with zero attached hydrogens (tertiary/aromatic N) is 2. The molecule has 2 aromatic rings. The highest BCUT2D eigenvalue weighted by Gasteiger charge is 2.50. The monoisotopic (exact) mass is 465 g/mol. The molecule has 3 aliphatic rings. The van der Waals surface area contributed by atoms with Crippen LogP contribution in [-0.2, 0) is 20.7 Å². The Hall–Kier alpha value is -3.26. The van der Waals surface area contributed by atoms with Crippen LogP contribution in [0.15, 0.2) is 42.5 Å².